The van der Waals surface area contributed by atoms with Gasteiger partial charge in [0.1, 0.15) is 12.4 Å². The van der Waals surface area contributed by atoms with E-state index >= 15 is 0 Å². The smallest absolute Gasteiger partial charge is 0.247 e. The van der Waals surface area contributed by atoms with Crippen LogP contribution in [0.25, 0.3) is 6.08 Å². The molecule has 0 unspecified atom stereocenters. The predicted octanol–water partition coefficient (Wildman–Crippen LogP) is 3.34. The molecule has 2 nitrogen and oxygen atoms in total. The molecule has 94 valence electrons. The zero-order valence-electron chi connectivity index (χ0n) is 11.0. The largest absolute Gasteiger partial charge is 0.258 e. The summed E-state index contributed by atoms with van der Waals surface area (Å²) in [5, 5.41) is 0. The van der Waals surface area contributed by atoms with Gasteiger partial charge in [0.15, 0.2) is 0 Å². The molecule has 2 heteroatoms. The van der Waals surface area contributed by atoms with E-state index in [0.29, 0.717) is 0 Å². The van der Waals surface area contributed by atoms with Gasteiger partial charge in [-0.3, -0.25) is 0 Å². The number of hydrogen-bond donors (Lipinski definition) is 1. The second kappa shape index (κ2) is 6.20. The van der Waals surface area contributed by atoms with Crippen molar-refractivity contribution in [1.82, 2.24) is 4.98 Å². The van der Waals surface area contributed by atoms with Gasteiger partial charge in [-0.1, -0.05) is 50.3 Å². The average Bonchev–Trinajstić information content (AvgIpc) is 2.84. The highest BCUT2D eigenvalue weighted by atomic mass is 15.1. The van der Waals surface area contributed by atoms with Crippen molar-refractivity contribution in [2.45, 2.75) is 32.7 Å². The molecule has 1 N–H and O–H groups in total. The van der Waals surface area contributed by atoms with E-state index in [1.807, 2.05) is 12.3 Å². The minimum atomic E-state index is 0.953. The third-order valence-corrected chi connectivity index (χ3v) is 3.19. The molecule has 0 aliphatic carbocycles. The zero-order chi connectivity index (χ0) is 12.8. The first-order chi connectivity index (χ1) is 8.83. The highest BCUT2D eigenvalue weighted by Crippen LogP contribution is 2.08. The van der Waals surface area contributed by atoms with Crippen LogP contribution in [0.1, 0.15) is 36.7 Å². The number of imidazole rings is 1. The molecule has 0 bridgehead atoms. The van der Waals surface area contributed by atoms with E-state index in [-0.39, 0.29) is 0 Å². The van der Waals surface area contributed by atoms with E-state index in [0.717, 1.165) is 13.0 Å². The van der Waals surface area contributed by atoms with Crippen molar-refractivity contribution in [2.75, 3.05) is 0 Å². The number of hydrogen-bond acceptors (Lipinski definition) is 0. The first-order valence-corrected chi connectivity index (χ1v) is 6.60. The summed E-state index contributed by atoms with van der Waals surface area (Å²) in [6.45, 7) is 7.09. The number of unbranched alkanes of at least 4 members (excludes halogenated alkanes) is 1. The van der Waals surface area contributed by atoms with Crippen molar-refractivity contribution < 1.29 is 4.57 Å². The van der Waals surface area contributed by atoms with E-state index in [9.17, 15) is 0 Å². The summed E-state index contributed by atoms with van der Waals surface area (Å²) in [6, 6.07) is 8.56. The molecule has 18 heavy (non-hydrogen) atoms. The Morgan fingerprint density at radius 3 is 2.72 bits per heavy atom. The number of nitrogens with zero attached hydrogens (tertiary/aromatic N) is 1. The maximum atomic E-state index is 3.77. The molecule has 0 atom stereocenters. The fourth-order valence-electron chi connectivity index (χ4n) is 2.05. The van der Waals surface area contributed by atoms with Gasteiger partial charge in [0.25, 0.3) is 5.82 Å². The molecule has 0 aliphatic heterocycles. The molecule has 2 rings (SSSR count). The van der Waals surface area contributed by atoms with Gasteiger partial charge in [0.2, 0.25) is 0 Å². The molecular weight excluding hydrogens is 220 g/mol. The van der Waals surface area contributed by atoms with Gasteiger partial charge in [-0.2, -0.15) is 0 Å². The summed E-state index contributed by atoms with van der Waals surface area (Å²) >= 11 is 0. The molecule has 0 spiro atoms. The third-order valence-electron chi connectivity index (χ3n) is 3.19. The Balaban J connectivity index is 2.07. The van der Waals surface area contributed by atoms with Crippen LogP contribution in [0, 0.1) is 0 Å². The Hall–Kier alpha value is -1.83. The molecule has 1 aromatic heterocycles. The number of aromatic nitrogens is 2. The summed E-state index contributed by atoms with van der Waals surface area (Å²) in [5.74, 6) is 1.27. The molecule has 1 heterocycles. The van der Waals surface area contributed by atoms with Crippen molar-refractivity contribution >= 4 is 6.08 Å². The maximum Gasteiger partial charge on any atom is 0.258 e. The first kappa shape index (κ1) is 12.6. The fraction of sp³-hybridized carbons (Fsp3) is 0.312. The topological polar surface area (TPSA) is 19.7 Å². The third kappa shape index (κ3) is 3.10. The highest BCUT2D eigenvalue weighted by Gasteiger charge is 2.10. The lowest BCUT2D eigenvalue weighted by Gasteiger charge is -2.01. The van der Waals surface area contributed by atoms with Gasteiger partial charge < -0.3 is 0 Å². The van der Waals surface area contributed by atoms with Crippen LogP contribution in [0.5, 0.6) is 0 Å². The molecule has 0 amide bonds. The van der Waals surface area contributed by atoms with Crippen LogP contribution in [0.2, 0.25) is 0 Å². The molecule has 0 saturated heterocycles. The molecule has 1 aromatic carbocycles. The number of aryl methyl sites for hydroxylation is 1. The Morgan fingerprint density at radius 1 is 1.28 bits per heavy atom. The number of aromatic amines is 1. The standard InChI is InChI=1S/C16H20N2/c1-3-5-11-18-12-10-17-16(18)13-15-8-6-14(4-2)7-9-15/h4,6-10,12H,2-3,5,11,13H2,1H3/p+1. The van der Waals surface area contributed by atoms with E-state index in [2.05, 4.69) is 53.5 Å². The van der Waals surface area contributed by atoms with Gasteiger partial charge in [0, 0.05) is 0 Å². The minimum Gasteiger partial charge on any atom is -0.247 e. The average molecular weight is 241 g/mol. The van der Waals surface area contributed by atoms with Crippen molar-refractivity contribution in [3.63, 3.8) is 0 Å². The second-order valence-corrected chi connectivity index (χ2v) is 4.58. The van der Waals surface area contributed by atoms with Crippen LogP contribution < -0.4 is 4.57 Å². The summed E-state index contributed by atoms with van der Waals surface area (Å²) in [4.78, 5) is 3.33. The van der Waals surface area contributed by atoms with Crippen LogP contribution in [0.4, 0.5) is 0 Å². The number of benzene rings is 1. The van der Waals surface area contributed by atoms with E-state index in [4.69, 9.17) is 0 Å². The van der Waals surface area contributed by atoms with Crippen molar-refractivity contribution in [3.05, 3.63) is 60.2 Å². The summed E-state index contributed by atoms with van der Waals surface area (Å²) in [5.41, 5.74) is 2.50. The quantitative estimate of drug-likeness (QED) is 0.748. The Morgan fingerprint density at radius 2 is 2.06 bits per heavy atom. The Labute approximate surface area is 109 Å². The second-order valence-electron chi connectivity index (χ2n) is 4.58. The molecule has 0 aliphatic rings. The minimum absolute atomic E-state index is 0.953. The Bertz CT molecular complexity index is 494. The van der Waals surface area contributed by atoms with E-state index in [1.54, 1.807) is 0 Å². The normalized spacial score (nSPS) is 10.5. The lowest BCUT2D eigenvalue weighted by Crippen LogP contribution is -2.36. The van der Waals surface area contributed by atoms with Crippen molar-refractivity contribution in [2.24, 2.45) is 0 Å². The summed E-state index contributed by atoms with van der Waals surface area (Å²) in [6.07, 6.45) is 9.43. The first-order valence-electron chi connectivity index (χ1n) is 6.60. The van der Waals surface area contributed by atoms with Gasteiger partial charge in [0.05, 0.1) is 13.0 Å². The van der Waals surface area contributed by atoms with Gasteiger partial charge in [-0.05, 0) is 17.5 Å². The van der Waals surface area contributed by atoms with Gasteiger partial charge in [-0.25, -0.2) is 9.55 Å². The lowest BCUT2D eigenvalue weighted by atomic mass is 10.1. The highest BCUT2D eigenvalue weighted by molar-refractivity contribution is 5.47. The van der Waals surface area contributed by atoms with Crippen LogP contribution in [0.3, 0.4) is 0 Å². The van der Waals surface area contributed by atoms with Crippen LogP contribution >= 0.6 is 0 Å². The number of nitrogens with one attached hydrogen (secondary N) is 1. The predicted molar refractivity (Wildman–Crippen MR) is 75.2 cm³/mol. The van der Waals surface area contributed by atoms with Crippen molar-refractivity contribution in [1.29, 1.82) is 0 Å². The maximum absolute atomic E-state index is 3.77. The van der Waals surface area contributed by atoms with Crippen LogP contribution in [0.15, 0.2) is 43.2 Å². The number of H-pyrrole nitrogens is 1. The molecule has 0 fully saturated rings. The van der Waals surface area contributed by atoms with Crippen molar-refractivity contribution in [3.8, 4) is 0 Å². The van der Waals surface area contributed by atoms with E-state index in [1.165, 1.54) is 29.8 Å². The molecule has 2 aromatic rings. The van der Waals surface area contributed by atoms with Gasteiger partial charge >= 0.3 is 0 Å². The Kier molecular flexibility index (Phi) is 4.35. The monoisotopic (exact) mass is 241 g/mol. The fourth-order valence-corrected chi connectivity index (χ4v) is 2.05. The summed E-state index contributed by atoms with van der Waals surface area (Å²) < 4.78 is 2.31. The number of rotatable bonds is 6. The SMILES string of the molecule is C=Cc1ccc(Cc2[nH]cc[n+]2CCCC)cc1. The molecular formula is C16H21N2+. The summed E-state index contributed by atoms with van der Waals surface area (Å²) in [7, 11) is 0. The van der Waals surface area contributed by atoms with E-state index < -0.39 is 0 Å². The lowest BCUT2D eigenvalue weighted by molar-refractivity contribution is -0.702. The molecule has 0 radical (unpaired) electrons. The zero-order valence-corrected chi connectivity index (χ0v) is 11.0. The molecule has 0 saturated carbocycles. The van der Waals surface area contributed by atoms with Crippen LogP contribution in [-0.4, -0.2) is 4.98 Å². The van der Waals surface area contributed by atoms with Gasteiger partial charge in [-0.15, -0.1) is 0 Å². The van der Waals surface area contributed by atoms with Crippen LogP contribution in [-0.2, 0) is 13.0 Å².